The Bertz CT molecular complexity index is 305. The van der Waals surface area contributed by atoms with Crippen molar-refractivity contribution in [3.63, 3.8) is 0 Å². The Morgan fingerprint density at radius 1 is 1.44 bits per heavy atom. The Hall–Kier alpha value is -1.17. The van der Waals surface area contributed by atoms with Crippen LogP contribution in [0.1, 0.15) is 6.92 Å². The van der Waals surface area contributed by atoms with E-state index in [1.165, 1.54) is 0 Å². The molecule has 18 heavy (non-hydrogen) atoms. The lowest BCUT2D eigenvalue weighted by Gasteiger charge is -2.32. The molecule has 0 N–H and O–H groups in total. The van der Waals surface area contributed by atoms with Crippen LogP contribution in [0.15, 0.2) is 24.8 Å². The molecule has 0 aliphatic carbocycles. The van der Waals surface area contributed by atoms with Crippen LogP contribution in [-0.4, -0.2) is 45.8 Å². The van der Waals surface area contributed by atoms with Gasteiger partial charge in [-0.05, 0) is 0 Å². The van der Waals surface area contributed by atoms with E-state index < -0.39 is 5.97 Å². The minimum Gasteiger partial charge on any atom is -0.462 e. The molecule has 0 unspecified atom stereocenters. The van der Waals surface area contributed by atoms with Crippen molar-refractivity contribution in [1.82, 2.24) is 0 Å². The van der Waals surface area contributed by atoms with Gasteiger partial charge in [-0.15, -0.1) is 6.58 Å². The zero-order valence-electron chi connectivity index (χ0n) is 10.8. The third-order valence-electron chi connectivity index (χ3n) is 2.42. The molecule has 1 aliphatic heterocycles. The molecule has 5 nitrogen and oxygen atoms in total. The number of esters is 1. The van der Waals surface area contributed by atoms with Gasteiger partial charge in [0.05, 0.1) is 32.0 Å². The molecular formula is C13H20O5. The van der Waals surface area contributed by atoms with Gasteiger partial charge in [0, 0.05) is 5.41 Å². The molecule has 1 aliphatic rings. The fourth-order valence-corrected chi connectivity index (χ4v) is 1.43. The highest BCUT2D eigenvalue weighted by molar-refractivity contribution is 5.87. The molecule has 0 radical (unpaired) electrons. The maximum Gasteiger partial charge on any atom is 0.335 e. The van der Waals surface area contributed by atoms with E-state index in [-0.39, 0.29) is 24.2 Å². The summed E-state index contributed by atoms with van der Waals surface area (Å²) in [5.41, 5.74) is -0.00557. The van der Waals surface area contributed by atoms with Gasteiger partial charge in [0.2, 0.25) is 0 Å². The summed E-state index contributed by atoms with van der Waals surface area (Å²) in [4.78, 5) is 11.6. The molecular weight excluding hydrogens is 236 g/mol. The van der Waals surface area contributed by atoms with Gasteiger partial charge < -0.3 is 18.9 Å². The van der Waals surface area contributed by atoms with Gasteiger partial charge in [0.1, 0.15) is 13.4 Å². The lowest BCUT2D eigenvalue weighted by atomic mass is 9.94. The molecule has 1 fully saturated rings. The highest BCUT2D eigenvalue weighted by atomic mass is 16.7. The first kappa shape index (κ1) is 14.9. The van der Waals surface area contributed by atoms with Crippen molar-refractivity contribution in [3.05, 3.63) is 24.8 Å². The van der Waals surface area contributed by atoms with Crippen LogP contribution in [-0.2, 0) is 23.7 Å². The highest BCUT2D eigenvalue weighted by Crippen LogP contribution is 2.21. The van der Waals surface area contributed by atoms with Crippen molar-refractivity contribution >= 4 is 5.97 Å². The number of carbonyl (C=O) groups is 1. The summed E-state index contributed by atoms with van der Waals surface area (Å²) in [6.07, 6.45) is 1.61. The van der Waals surface area contributed by atoms with Crippen molar-refractivity contribution in [1.29, 1.82) is 0 Å². The van der Waals surface area contributed by atoms with E-state index in [1.54, 1.807) is 6.08 Å². The molecule has 0 atom stereocenters. The smallest absolute Gasteiger partial charge is 0.335 e. The fraction of sp³-hybridized carbons (Fsp3) is 0.615. The van der Waals surface area contributed by atoms with Crippen LogP contribution in [0, 0.1) is 5.41 Å². The number of carbonyl (C=O) groups excluding carboxylic acids is 1. The Labute approximate surface area is 107 Å². The number of hydrogen-bond donors (Lipinski definition) is 0. The van der Waals surface area contributed by atoms with Gasteiger partial charge in [0.25, 0.3) is 0 Å². The van der Waals surface area contributed by atoms with Gasteiger partial charge in [-0.1, -0.05) is 19.6 Å². The first-order valence-corrected chi connectivity index (χ1v) is 5.76. The van der Waals surface area contributed by atoms with Crippen LogP contribution >= 0.6 is 0 Å². The summed E-state index contributed by atoms with van der Waals surface area (Å²) in [7, 11) is 0. The highest BCUT2D eigenvalue weighted by Gasteiger charge is 2.30. The molecule has 0 aromatic carbocycles. The van der Waals surface area contributed by atoms with Gasteiger partial charge in [-0.2, -0.15) is 0 Å². The van der Waals surface area contributed by atoms with Crippen molar-refractivity contribution < 1.29 is 23.7 Å². The molecule has 0 bridgehead atoms. The molecule has 1 saturated heterocycles. The second kappa shape index (κ2) is 7.31. The van der Waals surface area contributed by atoms with Gasteiger partial charge >= 0.3 is 5.97 Å². The first-order valence-electron chi connectivity index (χ1n) is 5.76. The molecule has 102 valence electrons. The maximum atomic E-state index is 11.6. The predicted octanol–water partition coefficient (Wildman–Crippen LogP) is 1.30. The van der Waals surface area contributed by atoms with Crippen molar-refractivity contribution in [3.8, 4) is 0 Å². The largest absolute Gasteiger partial charge is 0.462 e. The van der Waals surface area contributed by atoms with Crippen LogP contribution in [0.25, 0.3) is 0 Å². The van der Waals surface area contributed by atoms with Crippen molar-refractivity contribution in [2.75, 3.05) is 39.8 Å². The van der Waals surface area contributed by atoms with E-state index in [9.17, 15) is 4.79 Å². The molecule has 0 amide bonds. The van der Waals surface area contributed by atoms with Crippen molar-refractivity contribution in [2.24, 2.45) is 5.41 Å². The topological polar surface area (TPSA) is 54.0 Å². The van der Waals surface area contributed by atoms with E-state index in [0.717, 1.165) is 0 Å². The summed E-state index contributed by atoms with van der Waals surface area (Å²) in [5, 5.41) is 0. The number of rotatable bonds is 7. The summed E-state index contributed by atoms with van der Waals surface area (Å²) in [6.45, 7) is 11.2. The lowest BCUT2D eigenvalue weighted by molar-refractivity contribution is -0.179. The maximum absolute atomic E-state index is 11.6. The summed E-state index contributed by atoms with van der Waals surface area (Å²) in [5.74, 6) is -0.453. The third-order valence-corrected chi connectivity index (χ3v) is 2.42. The summed E-state index contributed by atoms with van der Waals surface area (Å²) < 4.78 is 20.7. The van der Waals surface area contributed by atoms with Crippen LogP contribution in [0.4, 0.5) is 0 Å². The number of hydrogen-bond acceptors (Lipinski definition) is 5. The Morgan fingerprint density at radius 3 is 2.72 bits per heavy atom. The van der Waals surface area contributed by atoms with E-state index >= 15 is 0 Å². The zero-order chi connectivity index (χ0) is 13.4. The average molecular weight is 256 g/mol. The van der Waals surface area contributed by atoms with E-state index in [0.29, 0.717) is 26.6 Å². The van der Waals surface area contributed by atoms with E-state index in [2.05, 4.69) is 13.2 Å². The van der Waals surface area contributed by atoms with Crippen LogP contribution in [0.5, 0.6) is 0 Å². The summed E-state index contributed by atoms with van der Waals surface area (Å²) >= 11 is 0. The summed E-state index contributed by atoms with van der Waals surface area (Å²) in [6, 6.07) is 0. The molecule has 0 aromatic rings. The first-order chi connectivity index (χ1) is 8.57. The minimum atomic E-state index is -0.453. The normalized spacial score (nSPS) is 18.1. The third kappa shape index (κ3) is 5.00. The lowest BCUT2D eigenvalue weighted by Crippen LogP contribution is -2.39. The standard InChI is InChI=1S/C13H20O5/c1-4-5-15-6-11(2)12(14)18-9-13(3)7-16-10-17-8-13/h4H,1-2,5-10H2,3H3. The van der Waals surface area contributed by atoms with Crippen LogP contribution < -0.4 is 0 Å². The monoisotopic (exact) mass is 256 g/mol. The van der Waals surface area contributed by atoms with Crippen LogP contribution in [0.2, 0.25) is 0 Å². The Morgan fingerprint density at radius 2 is 2.11 bits per heavy atom. The molecule has 0 spiro atoms. The second-order valence-electron chi connectivity index (χ2n) is 4.61. The van der Waals surface area contributed by atoms with Crippen molar-refractivity contribution in [2.45, 2.75) is 6.92 Å². The fourth-order valence-electron chi connectivity index (χ4n) is 1.43. The minimum absolute atomic E-state index is 0.147. The SMILES string of the molecule is C=CCOCC(=C)C(=O)OCC1(C)COCOC1. The van der Waals surface area contributed by atoms with E-state index in [4.69, 9.17) is 18.9 Å². The molecule has 5 heteroatoms. The van der Waals surface area contributed by atoms with Gasteiger partial charge in [-0.25, -0.2) is 4.79 Å². The molecule has 1 rings (SSSR count). The van der Waals surface area contributed by atoms with Gasteiger partial charge in [-0.3, -0.25) is 0 Å². The molecule has 0 saturated carbocycles. The zero-order valence-corrected chi connectivity index (χ0v) is 10.8. The number of ether oxygens (including phenoxy) is 4. The Kier molecular flexibility index (Phi) is 6.04. The molecule has 0 aromatic heterocycles. The van der Waals surface area contributed by atoms with Gasteiger partial charge in [0.15, 0.2) is 0 Å². The van der Waals surface area contributed by atoms with E-state index in [1.807, 2.05) is 6.92 Å². The quantitative estimate of drug-likeness (QED) is 0.297. The second-order valence-corrected chi connectivity index (χ2v) is 4.61. The molecule has 1 heterocycles. The predicted molar refractivity (Wildman–Crippen MR) is 66.0 cm³/mol. The average Bonchev–Trinajstić information content (AvgIpc) is 2.37. The Balaban J connectivity index is 2.26. The van der Waals surface area contributed by atoms with Crippen LogP contribution in [0.3, 0.4) is 0 Å².